The van der Waals surface area contributed by atoms with Crippen LogP contribution in [-0.4, -0.2) is 51.1 Å². The molecule has 2 aromatic carbocycles. The molecule has 9 heteroatoms. The number of carbonyl (C=O) groups excluding carboxylic acids is 2. The lowest BCUT2D eigenvalue weighted by Crippen LogP contribution is -2.48. The minimum atomic E-state index is -0.776. The van der Waals surface area contributed by atoms with Gasteiger partial charge >= 0.3 is 0 Å². The van der Waals surface area contributed by atoms with Gasteiger partial charge in [0.1, 0.15) is 11.8 Å². The van der Waals surface area contributed by atoms with Crippen LogP contribution < -0.4 is 29.9 Å². The molecule has 0 aliphatic carbocycles. The number of hydrogen-bond acceptors (Lipinski definition) is 7. The summed E-state index contributed by atoms with van der Waals surface area (Å²) < 4.78 is 16.1. The number of nitrogens with zero attached hydrogens (tertiary/aromatic N) is 2. The van der Waals surface area contributed by atoms with Gasteiger partial charge in [-0.1, -0.05) is 13.8 Å². The second-order valence-corrected chi connectivity index (χ2v) is 8.10. The highest BCUT2D eigenvalue weighted by molar-refractivity contribution is 5.98. The molecule has 0 bridgehead atoms. The van der Waals surface area contributed by atoms with Gasteiger partial charge in [-0.3, -0.25) is 9.59 Å². The number of rotatable bonds is 10. The zero-order chi connectivity index (χ0) is 24.7. The molecule has 1 heterocycles. The van der Waals surface area contributed by atoms with Crippen LogP contribution in [0.25, 0.3) is 0 Å². The number of benzene rings is 2. The third-order valence-corrected chi connectivity index (χ3v) is 5.59. The Morgan fingerprint density at radius 3 is 2.53 bits per heavy atom. The molecule has 2 N–H and O–H groups in total. The minimum absolute atomic E-state index is 0.123. The lowest BCUT2D eigenvalue weighted by molar-refractivity contribution is -0.123. The average Bonchev–Trinajstić information content (AvgIpc) is 3.31. The summed E-state index contributed by atoms with van der Waals surface area (Å²) in [6.07, 6.45) is 1.53. The number of amides is 2. The highest BCUT2D eigenvalue weighted by Crippen LogP contribution is 2.32. The predicted molar refractivity (Wildman–Crippen MR) is 131 cm³/mol. The van der Waals surface area contributed by atoms with Crippen LogP contribution >= 0.6 is 0 Å². The molecule has 3 rings (SSSR count). The molecule has 0 fully saturated rings. The van der Waals surface area contributed by atoms with E-state index in [1.54, 1.807) is 25.3 Å². The van der Waals surface area contributed by atoms with Gasteiger partial charge in [-0.15, -0.1) is 0 Å². The fraction of sp³-hybridized carbons (Fsp3) is 0.400. The molecule has 34 heavy (non-hydrogen) atoms. The monoisotopic (exact) mass is 468 g/mol. The predicted octanol–water partition coefficient (Wildman–Crippen LogP) is 3.17. The third-order valence-electron chi connectivity index (χ3n) is 5.59. The maximum Gasteiger partial charge on any atom is 0.262 e. The van der Waals surface area contributed by atoms with Gasteiger partial charge in [-0.25, -0.2) is 5.43 Å². The molecule has 0 saturated carbocycles. The standard InChI is InChI=1S/C25H32N4O5/c1-6-29(7-2)19-10-8-18(21(13-19)32-5)14-26-28-25(31)23(16(3)4)27-24(30)17-9-11-20-22(12-17)34-15-33-20/h8-14,16,23H,6-7,15H2,1-5H3,(H,27,30)(H,28,31)/b26-14-/t23-/m0/s1. The number of fused-ring (bicyclic) bond motifs is 1. The van der Waals surface area contributed by atoms with Gasteiger partial charge in [0.05, 0.1) is 13.3 Å². The molecular weight excluding hydrogens is 436 g/mol. The van der Waals surface area contributed by atoms with Gasteiger partial charge in [-0.2, -0.15) is 5.10 Å². The van der Waals surface area contributed by atoms with Gasteiger partial charge in [0.2, 0.25) is 6.79 Å². The maximum atomic E-state index is 12.8. The molecule has 1 aliphatic rings. The Morgan fingerprint density at radius 2 is 1.85 bits per heavy atom. The highest BCUT2D eigenvalue weighted by atomic mass is 16.7. The summed E-state index contributed by atoms with van der Waals surface area (Å²) in [5.41, 5.74) is 4.68. The summed E-state index contributed by atoms with van der Waals surface area (Å²) in [6, 6.07) is 9.94. The average molecular weight is 469 g/mol. The van der Waals surface area contributed by atoms with Crippen LogP contribution in [0.5, 0.6) is 17.2 Å². The van der Waals surface area contributed by atoms with Crippen LogP contribution in [0.15, 0.2) is 41.5 Å². The van der Waals surface area contributed by atoms with E-state index in [1.165, 1.54) is 6.21 Å². The Morgan fingerprint density at radius 1 is 1.12 bits per heavy atom. The van der Waals surface area contributed by atoms with Gasteiger partial charge in [0.25, 0.3) is 11.8 Å². The Hall–Kier alpha value is -3.75. The molecule has 0 unspecified atom stereocenters. The number of anilines is 1. The van der Waals surface area contributed by atoms with Crippen molar-refractivity contribution in [1.82, 2.24) is 10.7 Å². The van der Waals surface area contributed by atoms with Crippen molar-refractivity contribution in [2.75, 3.05) is 31.9 Å². The van der Waals surface area contributed by atoms with E-state index in [2.05, 4.69) is 34.6 Å². The van der Waals surface area contributed by atoms with E-state index in [9.17, 15) is 9.59 Å². The molecule has 9 nitrogen and oxygen atoms in total. The summed E-state index contributed by atoms with van der Waals surface area (Å²) >= 11 is 0. The van der Waals surface area contributed by atoms with Gasteiger partial charge in [0.15, 0.2) is 11.5 Å². The Bertz CT molecular complexity index is 1050. The van der Waals surface area contributed by atoms with E-state index in [0.717, 1.165) is 24.3 Å². The molecule has 2 aromatic rings. The SMILES string of the molecule is CCN(CC)c1ccc(/C=N\NC(=O)[C@@H](NC(=O)c2ccc3c(c2)OCO3)C(C)C)c(OC)c1. The Labute approximate surface area is 200 Å². The number of hydrazone groups is 1. The van der Waals surface area contributed by atoms with E-state index in [-0.39, 0.29) is 18.6 Å². The first-order chi connectivity index (χ1) is 16.4. The van der Waals surface area contributed by atoms with Crippen molar-refractivity contribution in [3.63, 3.8) is 0 Å². The number of methoxy groups -OCH3 is 1. The normalized spacial score (nSPS) is 13.1. The maximum absolute atomic E-state index is 12.8. The second kappa shape index (κ2) is 11.4. The van der Waals surface area contributed by atoms with E-state index in [1.807, 2.05) is 32.0 Å². The largest absolute Gasteiger partial charge is 0.496 e. The van der Waals surface area contributed by atoms with Crippen LogP contribution in [0.3, 0.4) is 0 Å². The van der Waals surface area contributed by atoms with E-state index in [0.29, 0.717) is 22.8 Å². The summed E-state index contributed by atoms with van der Waals surface area (Å²) in [4.78, 5) is 27.7. The molecular formula is C25H32N4O5. The number of carbonyl (C=O) groups is 2. The van der Waals surface area contributed by atoms with E-state index >= 15 is 0 Å². The molecule has 1 aliphatic heterocycles. The molecule has 0 aromatic heterocycles. The number of hydrogen-bond donors (Lipinski definition) is 2. The van der Waals surface area contributed by atoms with Crippen molar-refractivity contribution >= 4 is 23.7 Å². The first-order valence-electron chi connectivity index (χ1n) is 11.3. The summed E-state index contributed by atoms with van der Waals surface area (Å²) in [5, 5.41) is 6.87. The van der Waals surface area contributed by atoms with E-state index < -0.39 is 11.9 Å². The van der Waals surface area contributed by atoms with Crippen molar-refractivity contribution in [3.05, 3.63) is 47.5 Å². The smallest absolute Gasteiger partial charge is 0.262 e. The van der Waals surface area contributed by atoms with Crippen LogP contribution in [0.2, 0.25) is 0 Å². The molecule has 0 spiro atoms. The van der Waals surface area contributed by atoms with Gasteiger partial charge in [-0.05, 0) is 50.1 Å². The summed E-state index contributed by atoms with van der Waals surface area (Å²) in [5.74, 6) is 0.784. The molecule has 0 radical (unpaired) electrons. The van der Waals surface area contributed by atoms with Gasteiger partial charge < -0.3 is 24.4 Å². The van der Waals surface area contributed by atoms with Crippen LogP contribution in [0.4, 0.5) is 5.69 Å². The molecule has 2 amide bonds. The fourth-order valence-corrected chi connectivity index (χ4v) is 3.62. The topological polar surface area (TPSA) is 101 Å². The highest BCUT2D eigenvalue weighted by Gasteiger charge is 2.25. The van der Waals surface area contributed by atoms with Gasteiger partial charge in [0, 0.05) is 36.0 Å². The van der Waals surface area contributed by atoms with Crippen LogP contribution in [-0.2, 0) is 4.79 Å². The van der Waals surface area contributed by atoms with Crippen molar-refractivity contribution in [1.29, 1.82) is 0 Å². The van der Waals surface area contributed by atoms with Crippen molar-refractivity contribution in [2.45, 2.75) is 33.7 Å². The quantitative estimate of drug-likeness (QED) is 0.410. The van der Waals surface area contributed by atoms with Crippen molar-refractivity contribution in [2.24, 2.45) is 11.0 Å². The Balaban J connectivity index is 1.66. The lowest BCUT2D eigenvalue weighted by atomic mass is 10.0. The van der Waals surface area contributed by atoms with Crippen LogP contribution in [0, 0.1) is 5.92 Å². The lowest BCUT2D eigenvalue weighted by Gasteiger charge is -2.22. The minimum Gasteiger partial charge on any atom is -0.496 e. The zero-order valence-electron chi connectivity index (χ0n) is 20.3. The number of ether oxygens (including phenoxy) is 3. The van der Waals surface area contributed by atoms with Crippen molar-refractivity contribution < 1.29 is 23.8 Å². The molecule has 1 atom stereocenters. The van der Waals surface area contributed by atoms with Crippen LogP contribution in [0.1, 0.15) is 43.6 Å². The van der Waals surface area contributed by atoms with E-state index in [4.69, 9.17) is 14.2 Å². The zero-order valence-corrected chi connectivity index (χ0v) is 20.3. The fourth-order valence-electron chi connectivity index (χ4n) is 3.62. The summed E-state index contributed by atoms with van der Waals surface area (Å²) in [7, 11) is 1.59. The third kappa shape index (κ3) is 5.78. The second-order valence-electron chi connectivity index (χ2n) is 8.10. The van der Waals surface area contributed by atoms with Crippen molar-refractivity contribution in [3.8, 4) is 17.2 Å². The first kappa shape index (κ1) is 24.9. The molecule has 182 valence electrons. The molecule has 0 saturated heterocycles. The Kier molecular flexibility index (Phi) is 8.34. The summed E-state index contributed by atoms with van der Waals surface area (Å²) in [6.45, 7) is 9.79. The number of nitrogens with one attached hydrogen (secondary N) is 2. The first-order valence-corrected chi connectivity index (χ1v) is 11.3.